The van der Waals surface area contributed by atoms with E-state index in [9.17, 15) is 15.0 Å². The van der Waals surface area contributed by atoms with Crippen LogP contribution in [0.4, 0.5) is 0 Å². The van der Waals surface area contributed by atoms with Crippen LogP contribution in [0.15, 0.2) is 42.4 Å². The molecule has 0 spiro atoms. The highest BCUT2D eigenvalue weighted by Gasteiger charge is 2.31. The van der Waals surface area contributed by atoms with Gasteiger partial charge in [-0.1, -0.05) is 0 Å². The lowest BCUT2D eigenvalue weighted by Crippen LogP contribution is -2.37. The molecule has 0 unspecified atom stereocenters. The summed E-state index contributed by atoms with van der Waals surface area (Å²) < 4.78 is 13.1. The number of aryl methyl sites for hydroxylation is 1. The van der Waals surface area contributed by atoms with Crippen LogP contribution in [-0.4, -0.2) is 63.3 Å². The van der Waals surface area contributed by atoms with Crippen molar-refractivity contribution in [3.8, 4) is 17.2 Å². The Kier molecular flexibility index (Phi) is 5.09. The number of rotatable bonds is 5. The molecule has 0 saturated carbocycles. The number of phenols is 2. The molecule has 2 aliphatic heterocycles. The third kappa shape index (κ3) is 3.75. The van der Waals surface area contributed by atoms with Crippen molar-refractivity contribution in [2.24, 2.45) is 0 Å². The molecule has 4 heterocycles. The monoisotopic (exact) mass is 421 g/mol. The van der Waals surface area contributed by atoms with E-state index in [0.29, 0.717) is 0 Å². The topological polar surface area (TPSA) is 97.1 Å². The minimum atomic E-state index is -0.412. The predicted molar refractivity (Wildman–Crippen MR) is 114 cm³/mol. The highest BCUT2D eigenvalue weighted by atomic mass is 16.5. The van der Waals surface area contributed by atoms with Gasteiger partial charge in [-0.2, -0.15) is 0 Å². The van der Waals surface area contributed by atoms with Gasteiger partial charge in [-0.25, -0.2) is 4.98 Å². The summed E-state index contributed by atoms with van der Waals surface area (Å²) in [6, 6.07) is 6.28. The quantitative estimate of drug-likeness (QED) is 0.612. The molecule has 0 amide bonds. The van der Waals surface area contributed by atoms with Gasteiger partial charge in [-0.05, 0) is 24.6 Å². The van der Waals surface area contributed by atoms with E-state index in [1.807, 2.05) is 18.3 Å². The van der Waals surface area contributed by atoms with E-state index >= 15 is 0 Å². The van der Waals surface area contributed by atoms with Gasteiger partial charge in [0, 0.05) is 61.7 Å². The number of ketones is 1. The molecule has 2 aromatic heterocycles. The first-order chi connectivity index (χ1) is 15.1. The van der Waals surface area contributed by atoms with Gasteiger partial charge < -0.3 is 24.3 Å². The molecular formula is C23H23N3O5. The Morgan fingerprint density at radius 1 is 1.16 bits per heavy atom. The molecule has 0 bridgehead atoms. The summed E-state index contributed by atoms with van der Waals surface area (Å²) >= 11 is 0. The number of ether oxygens (including phenoxy) is 2. The first kappa shape index (κ1) is 19.6. The number of allylic oxidation sites excluding steroid dienone is 1. The second kappa shape index (κ2) is 8.05. The van der Waals surface area contributed by atoms with Crippen LogP contribution in [0, 0.1) is 0 Å². The van der Waals surface area contributed by atoms with Gasteiger partial charge in [0.05, 0.1) is 13.2 Å². The Morgan fingerprint density at radius 2 is 2.00 bits per heavy atom. The minimum Gasteiger partial charge on any atom is -0.508 e. The fourth-order valence-electron chi connectivity index (χ4n) is 4.14. The number of hydrogen-bond acceptors (Lipinski definition) is 7. The zero-order valence-electron chi connectivity index (χ0n) is 17.0. The van der Waals surface area contributed by atoms with E-state index in [1.54, 1.807) is 12.3 Å². The molecule has 2 N–H and O–H groups in total. The number of carbonyl (C=O) groups excluding carboxylic acids is 1. The normalized spacial score (nSPS) is 17.9. The lowest BCUT2D eigenvalue weighted by Gasteiger charge is -2.26. The standard InChI is InChI=1S/C23H23N3O5/c27-16-12-18(28)21-19(13-16)31-20(22(21)29)11-15-14-26(23-17(15)3-1-4-24-23)6-2-5-25-7-9-30-10-8-25/h1,3-4,11-14,27-28H,2,5-10H2. The Bertz CT molecular complexity index is 1180. The van der Waals surface area contributed by atoms with Crippen molar-refractivity contribution in [2.45, 2.75) is 13.0 Å². The molecule has 8 heteroatoms. The summed E-state index contributed by atoms with van der Waals surface area (Å²) in [5.41, 5.74) is 1.73. The van der Waals surface area contributed by atoms with Crippen LogP contribution < -0.4 is 4.74 Å². The van der Waals surface area contributed by atoms with Gasteiger partial charge in [0.15, 0.2) is 5.76 Å². The summed E-state index contributed by atoms with van der Waals surface area (Å²) in [5.74, 6) is -0.611. The van der Waals surface area contributed by atoms with Gasteiger partial charge >= 0.3 is 0 Å². The number of aromatic nitrogens is 2. The van der Waals surface area contributed by atoms with E-state index in [0.717, 1.165) is 68.5 Å². The molecule has 31 heavy (non-hydrogen) atoms. The largest absolute Gasteiger partial charge is 0.508 e. The van der Waals surface area contributed by atoms with Gasteiger partial charge in [0.1, 0.15) is 28.5 Å². The summed E-state index contributed by atoms with van der Waals surface area (Å²) in [4.78, 5) is 19.7. The van der Waals surface area contributed by atoms with Gasteiger partial charge in [-0.15, -0.1) is 0 Å². The molecule has 2 aliphatic rings. The van der Waals surface area contributed by atoms with E-state index in [1.165, 1.54) is 6.07 Å². The summed E-state index contributed by atoms with van der Waals surface area (Å²) in [5, 5.41) is 20.6. The Hall–Kier alpha value is -3.36. The fourth-order valence-corrected chi connectivity index (χ4v) is 4.14. The average molecular weight is 421 g/mol. The Morgan fingerprint density at radius 3 is 2.84 bits per heavy atom. The lowest BCUT2D eigenvalue weighted by atomic mass is 10.1. The molecule has 8 nitrogen and oxygen atoms in total. The number of hydrogen-bond donors (Lipinski definition) is 2. The molecule has 1 aromatic carbocycles. The van der Waals surface area contributed by atoms with E-state index < -0.39 is 5.78 Å². The molecule has 160 valence electrons. The highest BCUT2D eigenvalue weighted by Crippen LogP contribution is 2.41. The van der Waals surface area contributed by atoms with Crippen molar-refractivity contribution in [3.63, 3.8) is 0 Å². The van der Waals surface area contributed by atoms with Crippen LogP contribution in [0.25, 0.3) is 17.1 Å². The second-order valence-corrected chi connectivity index (χ2v) is 7.74. The van der Waals surface area contributed by atoms with E-state index in [2.05, 4.69) is 14.5 Å². The average Bonchev–Trinajstić information content (AvgIpc) is 3.27. The number of nitrogens with zero attached hydrogens (tertiary/aromatic N) is 3. The van der Waals surface area contributed by atoms with Crippen molar-refractivity contribution < 1.29 is 24.5 Å². The van der Waals surface area contributed by atoms with Crippen molar-refractivity contribution in [1.82, 2.24) is 14.5 Å². The van der Waals surface area contributed by atoms with Crippen molar-refractivity contribution in [3.05, 3.63) is 53.5 Å². The van der Waals surface area contributed by atoms with Crippen molar-refractivity contribution >= 4 is 22.9 Å². The SMILES string of the molecule is O=C1C(=Cc2cn(CCCN3CCOCC3)c3ncccc23)Oc2cc(O)cc(O)c21. The zero-order valence-corrected chi connectivity index (χ0v) is 17.0. The maximum Gasteiger partial charge on any atom is 0.235 e. The smallest absolute Gasteiger partial charge is 0.235 e. The van der Waals surface area contributed by atoms with Gasteiger partial charge in [0.2, 0.25) is 5.78 Å². The summed E-state index contributed by atoms with van der Waals surface area (Å²) in [7, 11) is 0. The summed E-state index contributed by atoms with van der Waals surface area (Å²) in [6.07, 6.45) is 6.37. The molecule has 1 fully saturated rings. The molecule has 0 atom stereocenters. The molecule has 0 radical (unpaired) electrons. The van der Waals surface area contributed by atoms with Crippen LogP contribution >= 0.6 is 0 Å². The Balaban J connectivity index is 1.40. The number of aromatic hydroxyl groups is 2. The number of fused-ring (bicyclic) bond motifs is 2. The van der Waals surface area contributed by atoms with Gasteiger partial charge in [-0.3, -0.25) is 9.69 Å². The first-order valence-corrected chi connectivity index (χ1v) is 10.3. The number of phenolic OH excluding ortho intramolecular Hbond substituents is 2. The molecule has 0 aliphatic carbocycles. The third-order valence-electron chi connectivity index (χ3n) is 5.67. The van der Waals surface area contributed by atoms with Crippen LogP contribution in [0.5, 0.6) is 17.2 Å². The van der Waals surface area contributed by atoms with Crippen molar-refractivity contribution in [2.75, 3.05) is 32.8 Å². The molecule has 1 saturated heterocycles. The molecular weight excluding hydrogens is 398 g/mol. The second-order valence-electron chi connectivity index (χ2n) is 7.74. The molecule has 5 rings (SSSR count). The highest BCUT2D eigenvalue weighted by molar-refractivity contribution is 6.16. The lowest BCUT2D eigenvalue weighted by molar-refractivity contribution is 0.0369. The van der Waals surface area contributed by atoms with Crippen LogP contribution in [0.2, 0.25) is 0 Å². The predicted octanol–water partition coefficient (Wildman–Crippen LogP) is 2.79. The summed E-state index contributed by atoms with van der Waals surface area (Å²) in [6.45, 7) is 5.30. The number of Topliss-reactive ketones (excluding diaryl/α,β-unsaturated/α-hetero) is 1. The van der Waals surface area contributed by atoms with Gasteiger partial charge in [0.25, 0.3) is 0 Å². The van der Waals surface area contributed by atoms with E-state index in [-0.39, 0.29) is 28.6 Å². The Labute approximate surface area is 178 Å². The maximum absolute atomic E-state index is 12.8. The number of carbonyl (C=O) groups is 1. The van der Waals surface area contributed by atoms with Crippen LogP contribution in [0.3, 0.4) is 0 Å². The zero-order chi connectivity index (χ0) is 21.4. The van der Waals surface area contributed by atoms with Crippen molar-refractivity contribution in [1.29, 1.82) is 0 Å². The fraction of sp³-hybridized carbons (Fsp3) is 0.304. The van der Waals surface area contributed by atoms with Crippen LogP contribution in [0.1, 0.15) is 22.3 Å². The van der Waals surface area contributed by atoms with E-state index in [4.69, 9.17) is 9.47 Å². The number of pyridine rings is 1. The number of benzene rings is 1. The molecule has 3 aromatic rings. The third-order valence-corrected chi connectivity index (χ3v) is 5.67. The first-order valence-electron chi connectivity index (χ1n) is 10.3. The minimum absolute atomic E-state index is 0.0661. The van der Waals surface area contributed by atoms with Crippen LogP contribution in [-0.2, 0) is 11.3 Å². The maximum atomic E-state index is 12.8. The number of morpholine rings is 1.